The molecule has 0 aromatic heterocycles. The second-order valence-electron chi connectivity index (χ2n) is 6.70. The van der Waals surface area contributed by atoms with Crippen LogP contribution in [0.2, 0.25) is 0 Å². The van der Waals surface area contributed by atoms with Crippen LogP contribution in [-0.4, -0.2) is 42.1 Å². The molecule has 2 aliphatic heterocycles. The van der Waals surface area contributed by atoms with E-state index in [9.17, 15) is 14.7 Å². The van der Waals surface area contributed by atoms with Crippen LogP contribution in [-0.2, 0) is 23.8 Å². The Balaban J connectivity index is 1.56. The van der Waals surface area contributed by atoms with Crippen molar-refractivity contribution in [2.24, 2.45) is 11.8 Å². The van der Waals surface area contributed by atoms with Crippen molar-refractivity contribution in [2.45, 2.75) is 62.9 Å². The molecule has 3 rings (SSSR count). The SMILES string of the molecule is COC(=O)C/C=C\C[C@@H]1[C@H]2CC[C@@]3(CCC(=O)O3)O[C@H]2C[C@@H]1O. The molecule has 1 saturated carbocycles. The third-order valence-corrected chi connectivity index (χ3v) is 5.32. The number of esters is 2. The Morgan fingerprint density at radius 2 is 2.26 bits per heavy atom. The molecular weight excluding hydrogens is 300 g/mol. The Kier molecular flexibility index (Phi) is 4.73. The lowest BCUT2D eigenvalue weighted by Crippen LogP contribution is -2.44. The number of methoxy groups -OCH3 is 1. The zero-order chi connectivity index (χ0) is 16.4. The Morgan fingerprint density at radius 1 is 1.43 bits per heavy atom. The quantitative estimate of drug-likeness (QED) is 0.626. The molecule has 0 bridgehead atoms. The lowest BCUT2D eigenvalue weighted by Gasteiger charge is -2.40. The van der Waals surface area contributed by atoms with Crippen LogP contribution < -0.4 is 0 Å². The van der Waals surface area contributed by atoms with E-state index >= 15 is 0 Å². The number of rotatable bonds is 4. The first-order chi connectivity index (χ1) is 11.0. The highest BCUT2D eigenvalue weighted by Crippen LogP contribution is 2.49. The molecule has 6 nitrogen and oxygen atoms in total. The minimum atomic E-state index is -0.742. The number of carbonyl (C=O) groups excluding carboxylic acids is 2. The summed E-state index contributed by atoms with van der Waals surface area (Å²) < 4.78 is 16.1. The van der Waals surface area contributed by atoms with Gasteiger partial charge in [0.25, 0.3) is 0 Å². The Morgan fingerprint density at radius 3 is 2.96 bits per heavy atom. The second-order valence-corrected chi connectivity index (χ2v) is 6.70. The molecule has 1 aliphatic carbocycles. The molecule has 2 saturated heterocycles. The topological polar surface area (TPSA) is 82.1 Å². The summed E-state index contributed by atoms with van der Waals surface area (Å²) in [4.78, 5) is 22.5. The average Bonchev–Trinajstić information content (AvgIpc) is 3.03. The molecule has 128 valence electrons. The molecule has 0 radical (unpaired) electrons. The average molecular weight is 324 g/mol. The molecule has 0 aromatic carbocycles. The highest BCUT2D eigenvalue weighted by molar-refractivity contribution is 5.72. The highest BCUT2D eigenvalue weighted by Gasteiger charge is 2.53. The summed E-state index contributed by atoms with van der Waals surface area (Å²) >= 11 is 0. The normalized spacial score (nSPS) is 39.7. The van der Waals surface area contributed by atoms with Crippen LogP contribution in [0.15, 0.2) is 12.2 Å². The van der Waals surface area contributed by atoms with E-state index in [0.29, 0.717) is 25.7 Å². The predicted octanol–water partition coefficient (Wildman–Crippen LogP) is 1.71. The maximum atomic E-state index is 11.4. The summed E-state index contributed by atoms with van der Waals surface area (Å²) in [5.41, 5.74) is 0. The van der Waals surface area contributed by atoms with Gasteiger partial charge in [-0.15, -0.1) is 0 Å². The fraction of sp³-hybridized carbons (Fsp3) is 0.765. The maximum Gasteiger partial charge on any atom is 0.309 e. The van der Waals surface area contributed by atoms with Crippen LogP contribution in [0.25, 0.3) is 0 Å². The molecule has 3 fully saturated rings. The number of ether oxygens (including phenoxy) is 3. The van der Waals surface area contributed by atoms with Crippen molar-refractivity contribution in [3.63, 3.8) is 0 Å². The summed E-state index contributed by atoms with van der Waals surface area (Å²) in [6.07, 6.45) is 7.44. The molecule has 6 heteroatoms. The fourth-order valence-electron chi connectivity index (χ4n) is 4.11. The number of fused-ring (bicyclic) bond motifs is 1. The highest BCUT2D eigenvalue weighted by atomic mass is 16.7. The fourth-order valence-corrected chi connectivity index (χ4v) is 4.11. The van der Waals surface area contributed by atoms with Crippen LogP contribution in [0.4, 0.5) is 0 Å². The number of carbonyl (C=O) groups is 2. The first-order valence-corrected chi connectivity index (χ1v) is 8.32. The molecule has 1 spiro atoms. The predicted molar refractivity (Wildman–Crippen MR) is 80.2 cm³/mol. The Hall–Kier alpha value is -1.40. The number of allylic oxidation sites excluding steroid dienone is 1. The number of aliphatic hydroxyl groups is 1. The molecule has 23 heavy (non-hydrogen) atoms. The van der Waals surface area contributed by atoms with E-state index in [1.165, 1.54) is 7.11 Å². The molecule has 1 N–H and O–H groups in total. The van der Waals surface area contributed by atoms with Crippen molar-refractivity contribution in [3.05, 3.63) is 12.2 Å². The molecule has 2 heterocycles. The third-order valence-electron chi connectivity index (χ3n) is 5.32. The zero-order valence-corrected chi connectivity index (χ0v) is 13.4. The first kappa shape index (κ1) is 16.5. The van der Waals surface area contributed by atoms with E-state index in [1.54, 1.807) is 6.08 Å². The van der Waals surface area contributed by atoms with Gasteiger partial charge in [-0.25, -0.2) is 0 Å². The van der Waals surface area contributed by atoms with Gasteiger partial charge in [-0.05, 0) is 24.7 Å². The van der Waals surface area contributed by atoms with Crippen LogP contribution in [0.3, 0.4) is 0 Å². The summed E-state index contributed by atoms with van der Waals surface area (Å²) in [5.74, 6) is -0.796. The number of hydrogen-bond acceptors (Lipinski definition) is 6. The van der Waals surface area contributed by atoms with E-state index in [2.05, 4.69) is 4.74 Å². The summed E-state index contributed by atoms with van der Waals surface area (Å²) in [7, 11) is 1.37. The van der Waals surface area contributed by atoms with Gasteiger partial charge >= 0.3 is 11.9 Å². The molecule has 0 aromatic rings. The van der Waals surface area contributed by atoms with Crippen molar-refractivity contribution in [3.8, 4) is 0 Å². The van der Waals surface area contributed by atoms with Crippen molar-refractivity contribution in [2.75, 3.05) is 7.11 Å². The van der Waals surface area contributed by atoms with Crippen LogP contribution in [0.5, 0.6) is 0 Å². The Bertz CT molecular complexity index is 501. The monoisotopic (exact) mass is 324 g/mol. The largest absolute Gasteiger partial charge is 0.469 e. The van der Waals surface area contributed by atoms with Crippen LogP contribution >= 0.6 is 0 Å². The molecule has 3 aliphatic rings. The van der Waals surface area contributed by atoms with Crippen molar-refractivity contribution >= 4 is 11.9 Å². The third kappa shape index (κ3) is 3.43. The van der Waals surface area contributed by atoms with E-state index < -0.39 is 11.9 Å². The zero-order valence-electron chi connectivity index (χ0n) is 13.4. The van der Waals surface area contributed by atoms with Gasteiger partial charge < -0.3 is 19.3 Å². The van der Waals surface area contributed by atoms with Gasteiger partial charge in [0.15, 0.2) is 0 Å². The van der Waals surface area contributed by atoms with Gasteiger partial charge in [-0.3, -0.25) is 9.59 Å². The standard InChI is InChI=1S/C17H24O6/c1-21-15(19)5-3-2-4-11-12-6-8-17(9-7-16(20)23-17)22-14(12)10-13(11)18/h2-3,11-14,18H,4-10H2,1H3/b3-2-/t11-,12-,13+,14+,17-/m1/s1. The van der Waals surface area contributed by atoms with Crippen molar-refractivity contribution in [1.29, 1.82) is 0 Å². The van der Waals surface area contributed by atoms with Gasteiger partial charge in [-0.1, -0.05) is 12.2 Å². The Labute approximate surface area is 135 Å². The summed E-state index contributed by atoms with van der Waals surface area (Å²) in [6.45, 7) is 0. The van der Waals surface area contributed by atoms with Gasteiger partial charge in [0.1, 0.15) is 0 Å². The molecule has 5 atom stereocenters. The molecular formula is C17H24O6. The van der Waals surface area contributed by atoms with Gasteiger partial charge in [0.05, 0.1) is 32.2 Å². The minimum absolute atomic E-state index is 0.0522. The van der Waals surface area contributed by atoms with Gasteiger partial charge in [0.2, 0.25) is 5.79 Å². The van der Waals surface area contributed by atoms with Gasteiger partial charge in [0, 0.05) is 19.3 Å². The number of hydrogen-bond donors (Lipinski definition) is 1. The van der Waals surface area contributed by atoms with E-state index in [1.807, 2.05) is 6.08 Å². The number of aliphatic hydroxyl groups excluding tert-OH is 1. The maximum absolute atomic E-state index is 11.4. The first-order valence-electron chi connectivity index (χ1n) is 8.32. The van der Waals surface area contributed by atoms with Crippen molar-refractivity contribution < 1.29 is 28.9 Å². The van der Waals surface area contributed by atoms with Crippen LogP contribution in [0.1, 0.15) is 44.9 Å². The van der Waals surface area contributed by atoms with Crippen LogP contribution in [0, 0.1) is 11.8 Å². The van der Waals surface area contributed by atoms with Crippen molar-refractivity contribution in [1.82, 2.24) is 0 Å². The lowest BCUT2D eigenvalue weighted by molar-refractivity contribution is -0.260. The van der Waals surface area contributed by atoms with Gasteiger partial charge in [-0.2, -0.15) is 0 Å². The second kappa shape index (κ2) is 6.61. The van der Waals surface area contributed by atoms with E-state index in [0.717, 1.165) is 12.8 Å². The summed E-state index contributed by atoms with van der Waals surface area (Å²) in [6, 6.07) is 0. The minimum Gasteiger partial charge on any atom is -0.469 e. The van der Waals surface area contributed by atoms with E-state index in [-0.39, 0.29) is 36.3 Å². The molecule has 0 amide bonds. The lowest BCUT2D eigenvalue weighted by atomic mass is 9.83. The van der Waals surface area contributed by atoms with E-state index in [4.69, 9.17) is 9.47 Å². The smallest absolute Gasteiger partial charge is 0.309 e. The summed E-state index contributed by atoms with van der Waals surface area (Å²) in [5, 5.41) is 10.3. The molecule has 0 unspecified atom stereocenters.